The Kier molecular flexibility index (Phi) is 3.78. The van der Waals surface area contributed by atoms with Crippen LogP contribution in [0, 0.1) is 5.82 Å². The van der Waals surface area contributed by atoms with Gasteiger partial charge in [0.1, 0.15) is 17.3 Å². The Morgan fingerprint density at radius 1 is 1.14 bits per heavy atom. The van der Waals surface area contributed by atoms with Gasteiger partial charge in [0.15, 0.2) is 5.76 Å². The van der Waals surface area contributed by atoms with E-state index in [1.54, 1.807) is 55.8 Å². The summed E-state index contributed by atoms with van der Waals surface area (Å²) in [7, 11) is 1.65. The Bertz CT molecular complexity index is 777. The molecule has 0 fully saturated rings. The topological polar surface area (TPSA) is 46.6 Å². The number of rotatable bonds is 4. The Morgan fingerprint density at radius 3 is 2.68 bits per heavy atom. The third-order valence-corrected chi connectivity index (χ3v) is 3.28. The second kappa shape index (κ2) is 5.89. The maximum Gasteiger partial charge on any atom is 0.289 e. The summed E-state index contributed by atoms with van der Waals surface area (Å²) in [5, 5.41) is 0. The van der Waals surface area contributed by atoms with Gasteiger partial charge in [-0.2, -0.15) is 0 Å². The first-order chi connectivity index (χ1) is 10.6. The monoisotopic (exact) mass is 299 g/mol. The first-order valence-corrected chi connectivity index (χ1v) is 6.78. The Morgan fingerprint density at radius 2 is 1.95 bits per heavy atom. The molecule has 3 aromatic rings. The molecule has 3 rings (SSSR count). The summed E-state index contributed by atoms with van der Waals surface area (Å²) in [5.74, 6) is 0.482. The van der Waals surface area contributed by atoms with Gasteiger partial charge in [0.2, 0.25) is 0 Å². The Balaban J connectivity index is 1.78. The molecule has 1 amide bonds. The molecule has 0 N–H and O–H groups in total. The molecule has 0 unspecified atom stereocenters. The van der Waals surface area contributed by atoms with E-state index in [0.29, 0.717) is 23.6 Å². The van der Waals surface area contributed by atoms with Crippen LogP contribution in [0.5, 0.6) is 0 Å². The molecule has 0 aliphatic heterocycles. The number of amides is 1. The number of hydrogen-bond acceptors (Lipinski definition) is 3. The molecular weight excluding hydrogens is 285 g/mol. The summed E-state index contributed by atoms with van der Waals surface area (Å²) in [6.45, 7) is 0.335. The van der Waals surface area contributed by atoms with E-state index in [-0.39, 0.29) is 17.5 Å². The van der Waals surface area contributed by atoms with Crippen molar-refractivity contribution < 1.29 is 18.0 Å². The zero-order valence-corrected chi connectivity index (χ0v) is 12.0. The van der Waals surface area contributed by atoms with Gasteiger partial charge in [-0.25, -0.2) is 4.39 Å². The lowest BCUT2D eigenvalue weighted by Crippen LogP contribution is -2.25. The number of furan rings is 2. The van der Waals surface area contributed by atoms with Crippen molar-refractivity contribution in [2.24, 2.45) is 0 Å². The molecule has 2 aromatic heterocycles. The highest BCUT2D eigenvalue weighted by molar-refractivity contribution is 5.91. The minimum atomic E-state index is -0.389. The number of benzene rings is 1. The molecule has 2 heterocycles. The largest absolute Gasteiger partial charge is 0.467 e. The molecule has 0 saturated heterocycles. The predicted octanol–water partition coefficient (Wildman–Crippen LogP) is 3.95. The van der Waals surface area contributed by atoms with Crippen molar-refractivity contribution >= 4 is 5.91 Å². The lowest BCUT2D eigenvalue weighted by molar-refractivity contribution is 0.0744. The summed E-state index contributed by atoms with van der Waals surface area (Å²) in [5.41, 5.74) is 0.329. The normalized spacial score (nSPS) is 10.6. The third-order valence-electron chi connectivity index (χ3n) is 3.28. The molecule has 0 aliphatic carbocycles. The number of carbonyl (C=O) groups is 1. The highest BCUT2D eigenvalue weighted by Gasteiger charge is 2.18. The lowest BCUT2D eigenvalue weighted by Gasteiger charge is -2.13. The highest BCUT2D eigenvalue weighted by Crippen LogP contribution is 2.25. The van der Waals surface area contributed by atoms with Crippen molar-refractivity contribution in [2.45, 2.75) is 6.54 Å². The minimum absolute atomic E-state index is 0.160. The molecule has 0 radical (unpaired) electrons. The van der Waals surface area contributed by atoms with Gasteiger partial charge in [0.25, 0.3) is 5.91 Å². The molecule has 0 spiro atoms. The fourth-order valence-electron chi connectivity index (χ4n) is 2.15. The van der Waals surface area contributed by atoms with E-state index < -0.39 is 0 Å². The van der Waals surface area contributed by atoms with Gasteiger partial charge < -0.3 is 13.7 Å². The van der Waals surface area contributed by atoms with Crippen LogP contribution in [0.25, 0.3) is 11.3 Å². The van der Waals surface area contributed by atoms with E-state index in [1.165, 1.54) is 11.0 Å². The molecule has 0 aliphatic rings. The molecule has 0 bridgehead atoms. The maximum atomic E-state index is 13.7. The minimum Gasteiger partial charge on any atom is -0.467 e. The van der Waals surface area contributed by atoms with E-state index >= 15 is 0 Å². The van der Waals surface area contributed by atoms with Crippen molar-refractivity contribution in [3.8, 4) is 11.3 Å². The molecular formula is C17H14FNO3. The van der Waals surface area contributed by atoms with Crippen LogP contribution in [-0.2, 0) is 6.54 Å². The number of nitrogens with zero attached hydrogens (tertiary/aromatic N) is 1. The number of halogens is 1. The molecule has 5 heteroatoms. The predicted molar refractivity (Wildman–Crippen MR) is 78.6 cm³/mol. The summed E-state index contributed by atoms with van der Waals surface area (Å²) in [6.07, 6.45) is 1.55. The van der Waals surface area contributed by atoms with Crippen molar-refractivity contribution in [1.82, 2.24) is 4.90 Å². The molecule has 112 valence electrons. The van der Waals surface area contributed by atoms with Gasteiger partial charge in [-0.3, -0.25) is 4.79 Å². The van der Waals surface area contributed by atoms with Gasteiger partial charge in [-0.1, -0.05) is 12.1 Å². The van der Waals surface area contributed by atoms with Gasteiger partial charge in [-0.05, 0) is 36.4 Å². The second-order valence-corrected chi connectivity index (χ2v) is 4.88. The van der Waals surface area contributed by atoms with Gasteiger partial charge >= 0.3 is 0 Å². The van der Waals surface area contributed by atoms with Crippen LogP contribution >= 0.6 is 0 Å². The maximum absolute atomic E-state index is 13.7. The van der Waals surface area contributed by atoms with E-state index in [9.17, 15) is 9.18 Å². The summed E-state index contributed by atoms with van der Waals surface area (Å²) in [6, 6.07) is 13.0. The molecule has 1 aromatic carbocycles. The summed E-state index contributed by atoms with van der Waals surface area (Å²) >= 11 is 0. The van der Waals surface area contributed by atoms with Gasteiger partial charge in [0, 0.05) is 7.05 Å². The second-order valence-electron chi connectivity index (χ2n) is 4.88. The standard InChI is InChI=1S/C17H14FNO3/c1-19(11-12-5-4-10-21-12)17(20)16-9-8-15(22-16)13-6-2-3-7-14(13)18/h2-10H,11H2,1H3. The van der Waals surface area contributed by atoms with E-state index in [2.05, 4.69) is 0 Å². The Labute approximate surface area is 126 Å². The van der Waals surface area contributed by atoms with Crippen LogP contribution < -0.4 is 0 Å². The van der Waals surface area contributed by atoms with E-state index in [1.807, 2.05) is 0 Å². The summed E-state index contributed by atoms with van der Waals surface area (Å²) in [4.78, 5) is 13.8. The van der Waals surface area contributed by atoms with Gasteiger partial charge in [-0.15, -0.1) is 0 Å². The van der Waals surface area contributed by atoms with Crippen molar-refractivity contribution in [1.29, 1.82) is 0 Å². The van der Waals surface area contributed by atoms with E-state index in [4.69, 9.17) is 8.83 Å². The smallest absolute Gasteiger partial charge is 0.289 e. The van der Waals surface area contributed by atoms with E-state index in [0.717, 1.165) is 0 Å². The van der Waals surface area contributed by atoms with Crippen molar-refractivity contribution in [3.05, 3.63) is 72.1 Å². The third kappa shape index (κ3) is 2.79. The zero-order valence-electron chi connectivity index (χ0n) is 12.0. The summed E-state index contributed by atoms with van der Waals surface area (Å²) < 4.78 is 24.4. The van der Waals surface area contributed by atoms with Crippen LogP contribution in [0.1, 0.15) is 16.3 Å². The van der Waals surface area contributed by atoms with Crippen molar-refractivity contribution in [2.75, 3.05) is 7.05 Å². The molecule has 0 atom stereocenters. The van der Waals surface area contributed by atoms with Crippen LogP contribution in [0.4, 0.5) is 4.39 Å². The average Bonchev–Trinajstić information content (AvgIpc) is 3.18. The molecule has 4 nitrogen and oxygen atoms in total. The highest BCUT2D eigenvalue weighted by atomic mass is 19.1. The van der Waals surface area contributed by atoms with Crippen molar-refractivity contribution in [3.63, 3.8) is 0 Å². The number of hydrogen-bond donors (Lipinski definition) is 0. The fraction of sp³-hybridized carbons (Fsp3) is 0.118. The lowest BCUT2D eigenvalue weighted by atomic mass is 10.1. The zero-order chi connectivity index (χ0) is 15.5. The first-order valence-electron chi connectivity index (χ1n) is 6.78. The SMILES string of the molecule is CN(Cc1ccco1)C(=O)c1ccc(-c2ccccc2F)o1. The Hall–Kier alpha value is -2.82. The number of carbonyl (C=O) groups excluding carboxylic acids is 1. The first kappa shape index (κ1) is 14.1. The van der Waals surface area contributed by atoms with Crippen LogP contribution in [0.3, 0.4) is 0 Å². The van der Waals surface area contributed by atoms with Crippen LogP contribution in [0.2, 0.25) is 0 Å². The van der Waals surface area contributed by atoms with Crippen LogP contribution in [0.15, 0.2) is 63.6 Å². The fourth-order valence-corrected chi connectivity index (χ4v) is 2.15. The average molecular weight is 299 g/mol. The quantitative estimate of drug-likeness (QED) is 0.732. The molecule has 22 heavy (non-hydrogen) atoms. The van der Waals surface area contributed by atoms with Crippen LogP contribution in [-0.4, -0.2) is 17.9 Å². The van der Waals surface area contributed by atoms with Gasteiger partial charge in [0.05, 0.1) is 18.4 Å². The molecule has 0 saturated carbocycles.